The minimum Gasteiger partial charge on any atom is -0.387 e. The Labute approximate surface area is 110 Å². The van der Waals surface area contributed by atoms with E-state index in [1.807, 2.05) is 30.3 Å². The van der Waals surface area contributed by atoms with Crippen LogP contribution in [-0.2, 0) is 14.2 Å². The van der Waals surface area contributed by atoms with Crippen LogP contribution >= 0.6 is 0 Å². The summed E-state index contributed by atoms with van der Waals surface area (Å²) < 4.78 is 16.3. The van der Waals surface area contributed by atoms with E-state index in [2.05, 4.69) is 0 Å². The Morgan fingerprint density at radius 1 is 0.947 bits per heavy atom. The summed E-state index contributed by atoms with van der Waals surface area (Å²) in [5.41, 5.74) is 0.828. The van der Waals surface area contributed by atoms with Crippen LogP contribution in [0.3, 0.4) is 0 Å². The highest BCUT2D eigenvalue weighted by molar-refractivity contribution is 5.16. The Hall–Kier alpha value is -1.02. The molecule has 2 saturated heterocycles. The van der Waals surface area contributed by atoms with Crippen molar-refractivity contribution < 1.29 is 29.5 Å². The van der Waals surface area contributed by atoms with Crippen LogP contribution in [0, 0.1) is 0 Å². The van der Waals surface area contributed by atoms with Crippen molar-refractivity contribution in [3.63, 3.8) is 0 Å². The molecule has 3 N–H and O–H groups in total. The van der Waals surface area contributed by atoms with Crippen LogP contribution in [0.15, 0.2) is 30.3 Å². The second kappa shape index (κ2) is 5.16. The molecule has 1 aromatic rings. The molecule has 2 aliphatic rings. The molecule has 1 aromatic carbocycles. The van der Waals surface area contributed by atoms with Gasteiger partial charge in [-0.25, -0.2) is 0 Å². The number of fused-ring (bicyclic) bond motifs is 1. The normalized spacial score (nSPS) is 42.7. The molecule has 2 heterocycles. The third kappa shape index (κ3) is 2.38. The Kier molecular flexibility index (Phi) is 3.53. The molecule has 6 nitrogen and oxygen atoms in total. The summed E-state index contributed by atoms with van der Waals surface area (Å²) in [6.07, 6.45) is -5.93. The van der Waals surface area contributed by atoms with E-state index < -0.39 is 37.0 Å². The fourth-order valence-corrected chi connectivity index (χ4v) is 2.37. The van der Waals surface area contributed by atoms with Gasteiger partial charge in [0.1, 0.15) is 24.4 Å². The van der Waals surface area contributed by atoms with Crippen molar-refractivity contribution in [2.24, 2.45) is 0 Å². The first-order valence-electron chi connectivity index (χ1n) is 6.18. The van der Waals surface area contributed by atoms with E-state index in [1.165, 1.54) is 0 Å². The Morgan fingerprint density at radius 3 is 2.42 bits per heavy atom. The molecule has 0 radical (unpaired) electrons. The van der Waals surface area contributed by atoms with Crippen molar-refractivity contribution in [3.8, 4) is 0 Å². The molecule has 6 heteroatoms. The van der Waals surface area contributed by atoms with Gasteiger partial charge in [0.05, 0.1) is 6.61 Å². The van der Waals surface area contributed by atoms with Crippen LogP contribution < -0.4 is 0 Å². The summed E-state index contributed by atoms with van der Waals surface area (Å²) in [6, 6.07) is 9.31. The maximum Gasteiger partial charge on any atom is 0.184 e. The SMILES string of the molecule is O[C@@H]1[C@H](O)[C@H](O)O[C@H]2CO[C@H](c3ccccc3)O[C@@H]12. The quantitative estimate of drug-likeness (QED) is 0.639. The van der Waals surface area contributed by atoms with Gasteiger partial charge in [0.2, 0.25) is 0 Å². The van der Waals surface area contributed by atoms with Gasteiger partial charge in [-0.2, -0.15) is 0 Å². The van der Waals surface area contributed by atoms with Crippen molar-refractivity contribution in [2.45, 2.75) is 37.0 Å². The predicted molar refractivity (Wildman–Crippen MR) is 62.9 cm³/mol. The molecule has 0 aliphatic carbocycles. The second-order valence-corrected chi connectivity index (χ2v) is 4.72. The average Bonchev–Trinajstić information content (AvgIpc) is 2.46. The third-order valence-electron chi connectivity index (χ3n) is 3.42. The molecular formula is C13H16O6. The standard InChI is InChI=1S/C13H16O6/c14-9-10(15)12(16)18-8-6-17-13(19-11(8)9)7-4-2-1-3-5-7/h1-5,8-16H,6H2/t8-,9+,10-,11+,12+,13-/m0/s1. The van der Waals surface area contributed by atoms with Crippen molar-refractivity contribution >= 4 is 0 Å². The van der Waals surface area contributed by atoms with Crippen molar-refractivity contribution in [3.05, 3.63) is 35.9 Å². The summed E-state index contributed by atoms with van der Waals surface area (Å²) in [4.78, 5) is 0. The lowest BCUT2D eigenvalue weighted by Crippen LogP contribution is -2.61. The lowest BCUT2D eigenvalue weighted by Gasteiger charge is -2.45. The van der Waals surface area contributed by atoms with Gasteiger partial charge in [-0.15, -0.1) is 0 Å². The van der Waals surface area contributed by atoms with Gasteiger partial charge in [-0.1, -0.05) is 30.3 Å². The molecule has 0 bridgehead atoms. The number of hydrogen-bond donors (Lipinski definition) is 3. The van der Waals surface area contributed by atoms with E-state index in [1.54, 1.807) is 0 Å². The van der Waals surface area contributed by atoms with E-state index in [-0.39, 0.29) is 6.61 Å². The summed E-state index contributed by atoms with van der Waals surface area (Å²) in [7, 11) is 0. The number of aliphatic hydroxyl groups excluding tert-OH is 3. The highest BCUT2D eigenvalue weighted by Crippen LogP contribution is 2.33. The van der Waals surface area contributed by atoms with Crippen LogP contribution in [0.4, 0.5) is 0 Å². The summed E-state index contributed by atoms with van der Waals surface area (Å²) in [5, 5.41) is 29.0. The zero-order valence-electron chi connectivity index (χ0n) is 10.1. The Morgan fingerprint density at radius 2 is 1.68 bits per heavy atom. The van der Waals surface area contributed by atoms with Crippen molar-refractivity contribution in [1.82, 2.24) is 0 Å². The van der Waals surface area contributed by atoms with Gasteiger partial charge in [0.25, 0.3) is 0 Å². The van der Waals surface area contributed by atoms with Gasteiger partial charge >= 0.3 is 0 Å². The van der Waals surface area contributed by atoms with E-state index >= 15 is 0 Å². The van der Waals surface area contributed by atoms with Crippen molar-refractivity contribution in [2.75, 3.05) is 6.61 Å². The zero-order valence-corrected chi connectivity index (χ0v) is 10.1. The van der Waals surface area contributed by atoms with Crippen molar-refractivity contribution in [1.29, 1.82) is 0 Å². The smallest absolute Gasteiger partial charge is 0.184 e. The van der Waals surface area contributed by atoms with E-state index in [4.69, 9.17) is 14.2 Å². The molecule has 0 unspecified atom stereocenters. The van der Waals surface area contributed by atoms with Gasteiger partial charge in [0, 0.05) is 5.56 Å². The lowest BCUT2D eigenvalue weighted by molar-refractivity contribution is -0.354. The molecular weight excluding hydrogens is 252 g/mol. The topological polar surface area (TPSA) is 88.4 Å². The second-order valence-electron chi connectivity index (χ2n) is 4.72. The van der Waals surface area contributed by atoms with Gasteiger partial charge < -0.3 is 29.5 Å². The van der Waals surface area contributed by atoms with Crippen LogP contribution in [0.2, 0.25) is 0 Å². The lowest BCUT2D eigenvalue weighted by atomic mass is 9.98. The summed E-state index contributed by atoms with van der Waals surface area (Å²) >= 11 is 0. The first-order valence-corrected chi connectivity index (χ1v) is 6.18. The van der Waals surface area contributed by atoms with Crippen LogP contribution in [0.5, 0.6) is 0 Å². The Balaban J connectivity index is 1.75. The van der Waals surface area contributed by atoms with Crippen LogP contribution in [0.1, 0.15) is 11.9 Å². The van der Waals surface area contributed by atoms with Gasteiger partial charge in [-0.3, -0.25) is 0 Å². The molecule has 0 aromatic heterocycles. The van der Waals surface area contributed by atoms with Gasteiger partial charge in [0.15, 0.2) is 12.6 Å². The molecule has 2 aliphatic heterocycles. The number of aliphatic hydroxyl groups is 3. The number of rotatable bonds is 1. The third-order valence-corrected chi connectivity index (χ3v) is 3.42. The first-order chi connectivity index (χ1) is 9.16. The van der Waals surface area contributed by atoms with E-state index in [0.717, 1.165) is 5.56 Å². The Bertz CT molecular complexity index is 422. The molecule has 104 valence electrons. The highest BCUT2D eigenvalue weighted by atomic mass is 16.7. The van der Waals surface area contributed by atoms with E-state index in [0.29, 0.717) is 0 Å². The largest absolute Gasteiger partial charge is 0.387 e. The average molecular weight is 268 g/mol. The van der Waals surface area contributed by atoms with Gasteiger partial charge in [-0.05, 0) is 0 Å². The molecule has 0 saturated carbocycles. The summed E-state index contributed by atoms with van der Waals surface area (Å²) in [6.45, 7) is 0.186. The molecule has 0 spiro atoms. The van der Waals surface area contributed by atoms with Crippen LogP contribution in [-0.4, -0.2) is 52.6 Å². The highest BCUT2D eigenvalue weighted by Gasteiger charge is 2.48. The molecule has 2 fully saturated rings. The molecule has 3 rings (SSSR count). The number of ether oxygens (including phenoxy) is 3. The molecule has 19 heavy (non-hydrogen) atoms. The zero-order chi connectivity index (χ0) is 13.4. The number of hydrogen-bond acceptors (Lipinski definition) is 6. The fraction of sp³-hybridized carbons (Fsp3) is 0.538. The monoisotopic (exact) mass is 268 g/mol. The molecule has 0 amide bonds. The first kappa shape index (κ1) is 13.0. The minimum atomic E-state index is -1.42. The maximum absolute atomic E-state index is 9.94. The summed E-state index contributed by atoms with van der Waals surface area (Å²) in [5.74, 6) is 0. The maximum atomic E-state index is 9.94. The number of benzene rings is 1. The predicted octanol–water partition coefficient (Wildman–Crippen LogP) is -0.460. The van der Waals surface area contributed by atoms with Crippen LogP contribution in [0.25, 0.3) is 0 Å². The molecule has 6 atom stereocenters. The van der Waals surface area contributed by atoms with E-state index in [9.17, 15) is 15.3 Å². The minimum absolute atomic E-state index is 0.186. The fourth-order valence-electron chi connectivity index (χ4n) is 2.37.